The zero-order valence-corrected chi connectivity index (χ0v) is 55.1. The summed E-state index contributed by atoms with van der Waals surface area (Å²) in [7, 11) is -4.13. The highest BCUT2D eigenvalue weighted by Gasteiger charge is 2.40. The molecule has 0 aliphatic carbocycles. The maximum atomic E-state index is 16.0. The SMILES string of the molecule is CCCCCCCC/C=C\CCCCCCCCC(C[n+]1ccccc1)OP(=O)(OC(CCCCCCCC/C=C\CCCCCCCC)C[n+]1ccccc1)OC(CCCCCCCC/C=C\CCCCCCCC)C[n+]1ccccc1. The Balaban J connectivity index is 1.69. The molecule has 0 saturated heterocycles. The maximum absolute atomic E-state index is 16.0. The van der Waals surface area contributed by atoms with Crippen LogP contribution in [0.15, 0.2) is 128 Å². The molecule has 3 aromatic heterocycles. The van der Waals surface area contributed by atoms with Gasteiger partial charge in [-0.2, -0.15) is 0 Å². The topological polar surface area (TPSA) is 56.4 Å². The molecule has 0 aliphatic heterocycles. The average Bonchev–Trinajstić information content (AvgIpc) is 3.57. The minimum absolute atomic E-state index is 0.337. The van der Waals surface area contributed by atoms with Crippen LogP contribution in [0.2, 0.25) is 0 Å². The lowest BCUT2D eigenvalue weighted by Crippen LogP contribution is -2.43. The Kier molecular flexibility index (Phi) is 49.4. The van der Waals surface area contributed by atoms with E-state index in [1.165, 1.54) is 231 Å². The fourth-order valence-electron chi connectivity index (χ4n) is 11.4. The Morgan fingerprint density at radius 2 is 0.470 bits per heavy atom. The standard InChI is InChI=1S/C75H129N3O4P/c1-4-7-10-13-16-19-22-25-28-31-34-37-40-43-46-52-61-73(70-76-64-55-49-56-65-76)80-83(79,81-74(71-77-66-57-50-58-67-77)62-53-47-44-41-38-35-32-29-26-23-20-17-14-11-8-5-2)82-75(72-78-68-59-51-60-69-78)63-54-48-45-42-39-36-33-30-27-24-21-18-15-12-9-6-3/h25-30,49-51,55-60,64-69,73-75H,4-24,31-48,52-54,61-63,70-72H2,1-3H3/q+3/b28-25-,29-26-,30-27-. The van der Waals surface area contributed by atoms with Gasteiger partial charge in [0.15, 0.2) is 56.8 Å². The van der Waals surface area contributed by atoms with Crippen molar-refractivity contribution in [1.29, 1.82) is 0 Å². The highest BCUT2D eigenvalue weighted by molar-refractivity contribution is 7.48. The molecule has 0 bridgehead atoms. The number of aromatic nitrogens is 3. The van der Waals surface area contributed by atoms with E-state index in [1.54, 1.807) is 0 Å². The Bertz CT molecular complexity index is 1740. The van der Waals surface area contributed by atoms with Gasteiger partial charge >= 0.3 is 7.82 Å². The predicted molar refractivity (Wildman–Crippen MR) is 354 cm³/mol. The van der Waals surface area contributed by atoms with Crippen molar-refractivity contribution in [2.24, 2.45) is 0 Å². The van der Waals surface area contributed by atoms with Crippen LogP contribution < -0.4 is 13.7 Å². The van der Waals surface area contributed by atoms with Gasteiger partial charge in [-0.15, -0.1) is 0 Å². The first-order chi connectivity index (χ1) is 41.0. The van der Waals surface area contributed by atoms with Crippen molar-refractivity contribution in [1.82, 2.24) is 0 Å². The van der Waals surface area contributed by atoms with E-state index in [4.69, 9.17) is 13.6 Å². The number of hydrogen-bond acceptors (Lipinski definition) is 4. The largest absolute Gasteiger partial charge is 0.476 e. The molecular weight excluding hydrogens is 1040 g/mol. The van der Waals surface area contributed by atoms with Crippen molar-refractivity contribution in [3.8, 4) is 0 Å². The summed E-state index contributed by atoms with van der Waals surface area (Å²) in [4.78, 5) is 0. The van der Waals surface area contributed by atoms with Crippen LogP contribution >= 0.6 is 7.82 Å². The molecule has 3 unspecified atom stereocenters. The molecular formula is C75H129N3O4P+3. The van der Waals surface area contributed by atoms with Crippen LogP contribution in [0.5, 0.6) is 0 Å². The van der Waals surface area contributed by atoms with Gasteiger partial charge in [0.2, 0.25) is 0 Å². The van der Waals surface area contributed by atoms with Crippen LogP contribution in [0.25, 0.3) is 0 Å². The van der Waals surface area contributed by atoms with Gasteiger partial charge in [-0.05, 0) is 96.3 Å². The van der Waals surface area contributed by atoms with Crippen LogP contribution in [0, 0.1) is 0 Å². The molecule has 0 spiro atoms. The van der Waals surface area contributed by atoms with Gasteiger partial charge in [-0.1, -0.05) is 268 Å². The maximum Gasteiger partial charge on any atom is 0.476 e. The summed E-state index contributed by atoms with van der Waals surface area (Å²) in [5.41, 5.74) is 0. The Morgan fingerprint density at radius 1 is 0.277 bits per heavy atom. The zero-order valence-electron chi connectivity index (χ0n) is 54.2. The normalized spacial score (nSPS) is 13.9. The second kappa shape index (κ2) is 55.4. The summed E-state index contributed by atoms with van der Waals surface area (Å²) in [6.45, 7) is 8.63. The molecule has 470 valence electrons. The van der Waals surface area contributed by atoms with Crippen molar-refractivity contribution in [3.05, 3.63) is 128 Å². The van der Waals surface area contributed by atoms with Crippen LogP contribution in [-0.2, 0) is 37.8 Å². The number of hydrogen-bond donors (Lipinski definition) is 0. The second-order valence-electron chi connectivity index (χ2n) is 24.5. The van der Waals surface area contributed by atoms with E-state index < -0.39 is 7.82 Å². The fourth-order valence-corrected chi connectivity index (χ4v) is 13.1. The molecule has 3 atom stereocenters. The predicted octanol–water partition coefficient (Wildman–Crippen LogP) is 22.5. The number of phosphoric acid groups is 1. The smallest absolute Gasteiger partial charge is 0.277 e. The number of nitrogens with zero attached hydrogens (tertiary/aromatic N) is 3. The molecule has 3 rings (SSSR count). The molecule has 8 heteroatoms. The first-order valence-electron chi connectivity index (χ1n) is 35.5. The van der Waals surface area contributed by atoms with E-state index in [0.717, 1.165) is 57.8 Å². The summed E-state index contributed by atoms with van der Waals surface area (Å²) in [5.74, 6) is 0. The van der Waals surface area contributed by atoms with E-state index in [-0.39, 0.29) is 18.3 Å². The molecule has 0 radical (unpaired) electrons. The van der Waals surface area contributed by atoms with Gasteiger partial charge in [-0.3, -0.25) is 13.6 Å². The molecule has 0 fully saturated rings. The summed E-state index contributed by atoms with van der Waals surface area (Å²) >= 11 is 0. The molecule has 0 saturated carbocycles. The van der Waals surface area contributed by atoms with Crippen LogP contribution in [0.4, 0.5) is 0 Å². The summed E-state index contributed by atoms with van der Waals surface area (Å²) < 4.78 is 43.6. The van der Waals surface area contributed by atoms with Crippen LogP contribution in [0.3, 0.4) is 0 Å². The third-order valence-corrected chi connectivity index (χ3v) is 18.2. The van der Waals surface area contributed by atoms with E-state index in [9.17, 15) is 0 Å². The number of phosphoric ester groups is 1. The first-order valence-corrected chi connectivity index (χ1v) is 36.9. The number of allylic oxidation sites excluding steroid dienone is 6. The third-order valence-electron chi connectivity index (χ3n) is 16.5. The van der Waals surface area contributed by atoms with Crippen LogP contribution in [0.1, 0.15) is 310 Å². The van der Waals surface area contributed by atoms with Crippen molar-refractivity contribution < 1.29 is 31.8 Å². The second-order valence-corrected chi connectivity index (χ2v) is 26.1. The molecule has 7 nitrogen and oxygen atoms in total. The van der Waals surface area contributed by atoms with E-state index in [1.807, 2.05) is 0 Å². The third kappa shape index (κ3) is 44.8. The van der Waals surface area contributed by atoms with Gasteiger partial charge in [0.25, 0.3) is 0 Å². The van der Waals surface area contributed by atoms with Gasteiger partial charge < -0.3 is 0 Å². The van der Waals surface area contributed by atoms with Crippen molar-refractivity contribution >= 4 is 7.82 Å². The Hall–Kier alpha value is -3.22. The lowest BCUT2D eigenvalue weighted by molar-refractivity contribution is -0.704. The van der Waals surface area contributed by atoms with Gasteiger partial charge in [0, 0.05) is 36.4 Å². The lowest BCUT2D eigenvalue weighted by atomic mass is 10.1. The zero-order chi connectivity index (χ0) is 58.9. The fraction of sp³-hybridized carbons (Fsp3) is 0.720. The average molecular weight is 1170 g/mol. The Labute approximate surface area is 513 Å². The molecule has 0 N–H and O–H groups in total. The van der Waals surface area contributed by atoms with Crippen molar-refractivity contribution in [2.45, 2.75) is 348 Å². The van der Waals surface area contributed by atoms with Crippen LogP contribution in [-0.4, -0.2) is 18.3 Å². The quantitative estimate of drug-likeness (QED) is 0.0245. The van der Waals surface area contributed by atoms with E-state index in [0.29, 0.717) is 19.6 Å². The van der Waals surface area contributed by atoms with Crippen molar-refractivity contribution in [3.63, 3.8) is 0 Å². The molecule has 0 amide bonds. The number of rotatable bonds is 60. The summed E-state index contributed by atoms with van der Waals surface area (Å²) in [6, 6.07) is 18.6. The minimum Gasteiger partial charge on any atom is -0.277 e. The van der Waals surface area contributed by atoms with Gasteiger partial charge in [-0.25, -0.2) is 18.3 Å². The molecule has 0 aromatic carbocycles. The highest BCUT2D eigenvalue weighted by atomic mass is 31.2. The summed E-state index contributed by atoms with van der Waals surface area (Å²) in [5, 5.41) is 0. The molecule has 3 aromatic rings. The number of pyridine rings is 3. The van der Waals surface area contributed by atoms with Gasteiger partial charge in [0.05, 0.1) is 0 Å². The highest BCUT2D eigenvalue weighted by Crippen LogP contribution is 2.54. The van der Waals surface area contributed by atoms with Gasteiger partial charge in [0.1, 0.15) is 18.3 Å². The first kappa shape index (κ1) is 74.0. The minimum atomic E-state index is -4.13. The molecule has 0 aliphatic rings. The Morgan fingerprint density at radius 3 is 0.687 bits per heavy atom. The number of unbranched alkanes of at least 4 members (excludes halogenated alkanes) is 36. The lowest BCUT2D eigenvalue weighted by Gasteiger charge is -2.28. The van der Waals surface area contributed by atoms with E-state index in [2.05, 4.69) is 163 Å². The van der Waals surface area contributed by atoms with E-state index >= 15 is 4.57 Å². The van der Waals surface area contributed by atoms with Crippen molar-refractivity contribution in [2.75, 3.05) is 0 Å². The monoisotopic (exact) mass is 1170 g/mol. The molecule has 3 heterocycles. The molecule has 83 heavy (non-hydrogen) atoms. The summed E-state index contributed by atoms with van der Waals surface area (Å²) in [6.07, 6.45) is 81.6.